The number of urea groups is 1. The van der Waals surface area contributed by atoms with Crippen LogP contribution in [0.15, 0.2) is 53.4 Å². The molecule has 1 N–H and O–H groups in total. The second-order valence-electron chi connectivity index (χ2n) is 8.14. The number of alkyl halides is 3. The number of benzene rings is 2. The van der Waals surface area contributed by atoms with E-state index in [2.05, 4.69) is 5.32 Å². The quantitative estimate of drug-likeness (QED) is 0.679. The van der Waals surface area contributed by atoms with Gasteiger partial charge in [0.25, 0.3) is 0 Å². The molecule has 2 unspecified atom stereocenters. The van der Waals surface area contributed by atoms with E-state index in [1.165, 1.54) is 16.4 Å². The SMILES string of the molecule is Cc1ccc(S(=O)(=O)N2CCC3C(C2)SCCN3C(=O)Nc2cccc(C(F)(F)F)c2)cc1. The van der Waals surface area contributed by atoms with Crippen molar-refractivity contribution in [2.45, 2.75) is 35.7 Å². The Hall–Kier alpha value is -2.24. The molecular weight excluding hydrogens is 475 g/mol. The minimum absolute atomic E-state index is 0.0731. The molecule has 2 fully saturated rings. The first kappa shape index (κ1) is 23.9. The van der Waals surface area contributed by atoms with Crippen LogP contribution in [0.5, 0.6) is 0 Å². The molecule has 0 saturated carbocycles. The molecule has 0 aliphatic carbocycles. The lowest BCUT2D eigenvalue weighted by molar-refractivity contribution is -0.137. The number of sulfonamides is 1. The van der Waals surface area contributed by atoms with Crippen LogP contribution in [0.3, 0.4) is 0 Å². The summed E-state index contributed by atoms with van der Waals surface area (Å²) in [6.07, 6.45) is -4.04. The molecule has 2 aromatic carbocycles. The van der Waals surface area contributed by atoms with Crippen LogP contribution in [0.1, 0.15) is 17.5 Å². The number of rotatable bonds is 3. The van der Waals surface area contributed by atoms with E-state index in [0.29, 0.717) is 18.7 Å². The first-order chi connectivity index (χ1) is 15.6. The van der Waals surface area contributed by atoms with Gasteiger partial charge in [0, 0.05) is 42.4 Å². The summed E-state index contributed by atoms with van der Waals surface area (Å²) in [5, 5.41) is 2.46. The van der Waals surface area contributed by atoms with E-state index in [0.717, 1.165) is 17.7 Å². The fraction of sp³-hybridized carbons (Fsp3) is 0.409. The van der Waals surface area contributed by atoms with Gasteiger partial charge >= 0.3 is 12.2 Å². The van der Waals surface area contributed by atoms with Crippen molar-refractivity contribution < 1.29 is 26.4 Å². The zero-order valence-electron chi connectivity index (χ0n) is 17.9. The number of halogens is 3. The molecule has 0 radical (unpaired) electrons. The Morgan fingerprint density at radius 3 is 2.55 bits per heavy atom. The second-order valence-corrected chi connectivity index (χ2v) is 11.4. The molecular formula is C22H24F3N3O3S2. The fourth-order valence-electron chi connectivity index (χ4n) is 4.16. The van der Waals surface area contributed by atoms with E-state index < -0.39 is 27.8 Å². The standard InChI is InChI=1S/C22H24F3N3O3S2/c1-15-5-7-18(8-6-15)33(30,31)27-10-9-19-20(14-27)32-12-11-28(19)21(29)26-17-4-2-3-16(13-17)22(23,24)25/h2-8,13,19-20H,9-12,14H2,1H3,(H,26,29). The number of nitrogens with one attached hydrogen (secondary N) is 1. The molecule has 2 aromatic rings. The van der Waals surface area contributed by atoms with Crippen LogP contribution in [0.25, 0.3) is 0 Å². The Morgan fingerprint density at radius 2 is 1.85 bits per heavy atom. The van der Waals surface area contributed by atoms with Crippen LogP contribution in [0, 0.1) is 6.92 Å². The van der Waals surface area contributed by atoms with Gasteiger partial charge in [0.05, 0.1) is 10.5 Å². The highest BCUT2D eigenvalue weighted by Gasteiger charge is 2.42. The first-order valence-electron chi connectivity index (χ1n) is 10.5. The summed E-state index contributed by atoms with van der Waals surface area (Å²) in [6.45, 7) is 2.88. The smallest absolute Gasteiger partial charge is 0.320 e. The highest BCUT2D eigenvalue weighted by molar-refractivity contribution is 8.00. The summed E-state index contributed by atoms with van der Waals surface area (Å²) in [5.74, 6) is 0.621. The van der Waals surface area contributed by atoms with Crippen molar-refractivity contribution in [2.75, 3.05) is 30.7 Å². The van der Waals surface area contributed by atoms with E-state index in [1.807, 2.05) is 6.92 Å². The second kappa shape index (κ2) is 9.19. The number of fused-ring (bicyclic) bond motifs is 1. The average molecular weight is 500 g/mol. The van der Waals surface area contributed by atoms with Gasteiger partial charge in [-0.3, -0.25) is 0 Å². The highest BCUT2D eigenvalue weighted by Crippen LogP contribution is 2.34. The number of aryl methyl sites for hydroxylation is 1. The zero-order chi connectivity index (χ0) is 23.8. The first-order valence-corrected chi connectivity index (χ1v) is 13.0. The zero-order valence-corrected chi connectivity index (χ0v) is 19.5. The van der Waals surface area contributed by atoms with Crippen LogP contribution in [-0.2, 0) is 16.2 Å². The number of carbonyl (C=O) groups excluding carboxylic acids is 1. The van der Waals surface area contributed by atoms with E-state index >= 15 is 0 Å². The van der Waals surface area contributed by atoms with Crippen LogP contribution in [-0.4, -0.2) is 60.3 Å². The molecule has 178 valence electrons. The van der Waals surface area contributed by atoms with Crippen LogP contribution in [0.2, 0.25) is 0 Å². The molecule has 4 rings (SSSR count). The predicted octanol–water partition coefficient (Wildman–Crippen LogP) is 4.43. The van der Waals surface area contributed by atoms with Gasteiger partial charge in [0.2, 0.25) is 10.0 Å². The maximum absolute atomic E-state index is 13.1. The largest absolute Gasteiger partial charge is 0.416 e. The molecule has 11 heteroatoms. The lowest BCUT2D eigenvalue weighted by atomic mass is 10.0. The highest BCUT2D eigenvalue weighted by atomic mass is 32.2. The van der Waals surface area contributed by atoms with E-state index in [9.17, 15) is 26.4 Å². The van der Waals surface area contributed by atoms with Gasteiger partial charge in [-0.05, 0) is 43.7 Å². The number of amides is 2. The molecule has 2 saturated heterocycles. The van der Waals surface area contributed by atoms with E-state index in [4.69, 9.17) is 0 Å². The molecule has 0 aromatic heterocycles. The van der Waals surface area contributed by atoms with Gasteiger partial charge in [-0.25, -0.2) is 13.2 Å². The lowest BCUT2D eigenvalue weighted by Crippen LogP contribution is -2.59. The van der Waals surface area contributed by atoms with Crippen LogP contribution in [0.4, 0.5) is 23.7 Å². The van der Waals surface area contributed by atoms with Crippen molar-refractivity contribution in [3.8, 4) is 0 Å². The van der Waals surface area contributed by atoms with Crippen LogP contribution >= 0.6 is 11.8 Å². The molecule has 6 nitrogen and oxygen atoms in total. The van der Waals surface area contributed by atoms with Crippen molar-refractivity contribution in [1.29, 1.82) is 0 Å². The maximum Gasteiger partial charge on any atom is 0.416 e. The Labute approximate surface area is 195 Å². The minimum Gasteiger partial charge on any atom is -0.320 e. The van der Waals surface area contributed by atoms with E-state index in [-0.39, 0.29) is 35.0 Å². The molecule has 0 spiro atoms. The van der Waals surface area contributed by atoms with Gasteiger partial charge in [0.15, 0.2) is 0 Å². The van der Waals surface area contributed by atoms with Gasteiger partial charge in [-0.2, -0.15) is 29.2 Å². The third kappa shape index (κ3) is 5.15. The summed E-state index contributed by atoms with van der Waals surface area (Å²) in [7, 11) is -3.64. The average Bonchev–Trinajstić information content (AvgIpc) is 2.78. The molecule has 33 heavy (non-hydrogen) atoms. The maximum atomic E-state index is 13.1. The van der Waals surface area contributed by atoms with Crippen molar-refractivity contribution >= 4 is 33.5 Å². The van der Waals surface area contributed by atoms with Gasteiger partial charge in [-0.1, -0.05) is 23.8 Å². The molecule has 2 heterocycles. The lowest BCUT2D eigenvalue weighted by Gasteiger charge is -2.46. The summed E-state index contributed by atoms with van der Waals surface area (Å²) in [4.78, 5) is 14.8. The normalized spacial score (nSPS) is 22.0. The van der Waals surface area contributed by atoms with Crippen LogP contribution < -0.4 is 5.32 Å². The molecule has 2 aliphatic rings. The molecule has 2 atom stereocenters. The summed E-state index contributed by atoms with van der Waals surface area (Å²) in [6, 6.07) is 10.6. The predicted molar refractivity (Wildman–Crippen MR) is 122 cm³/mol. The molecule has 2 aliphatic heterocycles. The van der Waals surface area contributed by atoms with Crippen molar-refractivity contribution in [3.05, 3.63) is 59.7 Å². The minimum atomic E-state index is -4.50. The van der Waals surface area contributed by atoms with Crippen molar-refractivity contribution in [1.82, 2.24) is 9.21 Å². The van der Waals surface area contributed by atoms with Gasteiger partial charge in [0.1, 0.15) is 0 Å². The van der Waals surface area contributed by atoms with E-state index in [1.54, 1.807) is 40.9 Å². The summed E-state index contributed by atoms with van der Waals surface area (Å²) in [5.41, 5.74) is 0.212. The van der Waals surface area contributed by atoms with Crippen molar-refractivity contribution in [2.24, 2.45) is 0 Å². The Kier molecular flexibility index (Phi) is 6.66. The number of piperidine rings is 1. The molecule has 0 bridgehead atoms. The Balaban J connectivity index is 1.45. The van der Waals surface area contributed by atoms with Crippen molar-refractivity contribution in [3.63, 3.8) is 0 Å². The number of hydrogen-bond acceptors (Lipinski definition) is 4. The summed E-state index contributed by atoms with van der Waals surface area (Å²) < 4.78 is 66.5. The summed E-state index contributed by atoms with van der Waals surface area (Å²) >= 11 is 1.62. The number of anilines is 1. The number of thioether (sulfide) groups is 1. The topological polar surface area (TPSA) is 69.7 Å². The van der Waals surface area contributed by atoms with Gasteiger partial charge < -0.3 is 10.2 Å². The molecule has 2 amide bonds. The number of hydrogen-bond donors (Lipinski definition) is 1. The Bertz CT molecular complexity index is 1120. The van der Waals surface area contributed by atoms with Gasteiger partial charge in [-0.15, -0.1) is 0 Å². The number of nitrogens with zero attached hydrogens (tertiary/aromatic N) is 2. The number of carbonyl (C=O) groups is 1. The third-order valence-corrected chi connectivity index (χ3v) is 9.10. The fourth-order valence-corrected chi connectivity index (χ4v) is 7.13. The third-order valence-electron chi connectivity index (χ3n) is 5.91. The monoisotopic (exact) mass is 499 g/mol. The Morgan fingerprint density at radius 1 is 1.12 bits per heavy atom.